The molecule has 0 N–H and O–H groups in total. The lowest BCUT2D eigenvalue weighted by Crippen LogP contribution is -2.42. The van der Waals surface area contributed by atoms with E-state index in [1.165, 1.54) is 278 Å². The summed E-state index contributed by atoms with van der Waals surface area (Å²) in [7, 11) is 0. The van der Waals surface area contributed by atoms with Crippen LogP contribution >= 0.6 is 15.9 Å². The minimum absolute atomic E-state index is 0.565. The third-order valence-corrected chi connectivity index (χ3v) is 32.3. The Morgan fingerprint density at radius 3 is 0.669 bits per heavy atom. The van der Waals surface area contributed by atoms with Crippen molar-refractivity contribution in [2.75, 3.05) is 19.6 Å². The first-order valence-corrected chi connectivity index (χ1v) is 47.8. The van der Waals surface area contributed by atoms with Gasteiger partial charge in [0.1, 0.15) is 0 Å². The Morgan fingerprint density at radius 1 is 0.195 bits per heavy atom. The third-order valence-electron chi connectivity index (χ3n) is 31.1. The van der Waals surface area contributed by atoms with Crippen LogP contribution in [-0.2, 0) is 17.3 Å². The first-order valence-electron chi connectivity index (χ1n) is 47.0. The average Bonchev–Trinajstić information content (AvgIpc) is 1.17. The lowest BCUT2D eigenvalue weighted by molar-refractivity contribution is 0.718. The first-order chi connectivity index (χ1) is 64.7. The predicted molar refractivity (Wildman–Crippen MR) is 566 cm³/mol. The molecule has 18 aromatic carbocycles. The van der Waals surface area contributed by atoms with E-state index < -0.39 is 10.8 Å². The highest BCUT2D eigenvalue weighted by Crippen LogP contribution is 2.68. The fraction of sp³-hybridized carbons (Fsp3) is 0.150. The average molecular weight is 1780 g/mol. The number of hydrogen-bond donors (Lipinski definition) is 0. The molecule has 0 saturated heterocycles. The van der Waals surface area contributed by atoms with Crippen molar-refractivity contribution in [1.82, 2.24) is 4.57 Å². The van der Waals surface area contributed by atoms with Crippen molar-refractivity contribution in [3.8, 4) is 39.1 Å². The van der Waals surface area contributed by atoms with Crippen LogP contribution < -0.4 is 19.6 Å². The zero-order valence-electron chi connectivity index (χ0n) is 78.8. The van der Waals surface area contributed by atoms with Crippen LogP contribution in [0.4, 0.5) is 68.2 Å². The molecule has 0 saturated carbocycles. The maximum absolute atomic E-state index is 3.93. The zero-order chi connectivity index (χ0) is 91.5. The summed E-state index contributed by atoms with van der Waals surface area (Å²) in [6.45, 7) is 36.8. The van der Waals surface area contributed by atoms with Gasteiger partial charge in [-0.25, -0.2) is 0 Å². The summed E-state index contributed by atoms with van der Waals surface area (Å²) in [6, 6.07) is 130. The van der Waals surface area contributed by atoms with E-state index in [-0.39, 0.29) is 0 Å². The van der Waals surface area contributed by atoms with Crippen molar-refractivity contribution in [3.05, 3.63) is 501 Å². The Hall–Kier alpha value is -14.6. The second kappa shape index (κ2) is 32.5. The molecule has 4 aliphatic heterocycles. The number of rotatable bonds is 7. The predicted octanol–water partition coefficient (Wildman–Crippen LogP) is 34.7. The van der Waals surface area contributed by atoms with Crippen molar-refractivity contribution >= 4 is 106 Å². The van der Waals surface area contributed by atoms with Gasteiger partial charge >= 0.3 is 0 Å². The lowest BCUT2D eigenvalue weighted by atomic mass is 9.60. The highest BCUT2D eigenvalue weighted by Gasteiger charge is 2.55. The summed E-state index contributed by atoms with van der Waals surface area (Å²) in [5, 5.41) is 2.56. The van der Waals surface area contributed by atoms with Crippen LogP contribution in [0.2, 0.25) is 0 Å². The molecule has 24 rings (SSSR count). The minimum Gasteiger partial charge on any atom is -0.309 e. The summed E-state index contributed by atoms with van der Waals surface area (Å²) < 4.78 is 3.70. The van der Waals surface area contributed by atoms with Gasteiger partial charge < -0.3 is 24.2 Å². The molecular weight excluding hydrogens is 1680 g/mol. The summed E-state index contributed by atoms with van der Waals surface area (Å²) in [4.78, 5) is 10.3. The van der Waals surface area contributed by atoms with E-state index in [1.807, 2.05) is 0 Å². The number of fused-ring (bicyclic) bond motifs is 22. The van der Waals surface area contributed by atoms with Gasteiger partial charge in [-0.15, -0.1) is 0 Å². The first kappa shape index (κ1) is 84.0. The molecule has 0 atom stereocenters. The zero-order valence-corrected chi connectivity index (χ0v) is 80.4. The maximum atomic E-state index is 3.93. The van der Waals surface area contributed by atoms with Crippen LogP contribution in [0.3, 0.4) is 0 Å². The SMILES string of the molecule is Cc1c(C)c(N2c3ccccc3C3(c4ccccc42)c2ccccc2N(c2c(C)c(C)c(-c4ccccc4)c(C)c2C)c2ccccc23)c(C)c(C)c1Br.Cc1c(C)c(N2c3ccccc3C3(c4ccccc42)c2ccccc2N(c2c(C)c(C)c(-n4c5ccccc5c5ccccc54)c(C)c2C)c2ccccc23)c(C)c(C)c1-c1ccccc1.c1ccc2c(c1)Cc1ccccc1-2. The molecule has 648 valence electrons. The van der Waals surface area contributed by atoms with Crippen LogP contribution in [0, 0.1) is 111 Å². The van der Waals surface area contributed by atoms with Gasteiger partial charge in [-0.2, -0.15) is 0 Å². The largest absolute Gasteiger partial charge is 0.309 e. The van der Waals surface area contributed by atoms with Gasteiger partial charge in [-0.3, -0.25) is 0 Å². The van der Waals surface area contributed by atoms with Crippen molar-refractivity contribution in [1.29, 1.82) is 0 Å². The Labute approximate surface area is 792 Å². The van der Waals surface area contributed by atoms with Crippen LogP contribution in [0.25, 0.3) is 60.9 Å². The number of aromatic nitrogens is 1. The van der Waals surface area contributed by atoms with Crippen molar-refractivity contribution in [2.24, 2.45) is 0 Å². The van der Waals surface area contributed by atoms with Gasteiger partial charge in [0, 0.05) is 15.2 Å². The number of anilines is 12. The molecule has 1 aliphatic carbocycles. The van der Waals surface area contributed by atoms with Gasteiger partial charge in [-0.1, -0.05) is 307 Å². The summed E-state index contributed by atoms with van der Waals surface area (Å²) in [6.07, 6.45) is 1.10. The van der Waals surface area contributed by atoms with Crippen LogP contribution in [0.15, 0.2) is 356 Å². The van der Waals surface area contributed by atoms with E-state index >= 15 is 0 Å². The number of para-hydroxylation sites is 10. The van der Waals surface area contributed by atoms with Crippen molar-refractivity contribution in [3.63, 3.8) is 0 Å². The summed E-state index contributed by atoms with van der Waals surface area (Å²) >= 11 is 3.93. The smallest absolute Gasteiger partial charge is 0.0782 e. The van der Waals surface area contributed by atoms with Crippen molar-refractivity contribution in [2.45, 2.75) is 128 Å². The van der Waals surface area contributed by atoms with Gasteiger partial charge in [0.15, 0.2) is 0 Å². The summed E-state index contributed by atoms with van der Waals surface area (Å²) in [5.41, 5.74) is 59.3. The number of hydrogen-bond acceptors (Lipinski definition) is 4. The second-order valence-corrected chi connectivity index (χ2v) is 38.2. The normalized spacial score (nSPS) is 13.5. The molecule has 133 heavy (non-hydrogen) atoms. The number of nitrogens with zero attached hydrogens (tertiary/aromatic N) is 5. The monoisotopic (exact) mass is 1780 g/mol. The van der Waals surface area contributed by atoms with E-state index in [0.29, 0.717) is 0 Å². The Morgan fingerprint density at radius 2 is 0.398 bits per heavy atom. The quantitative estimate of drug-likeness (QED) is 0.158. The van der Waals surface area contributed by atoms with Gasteiger partial charge in [0.2, 0.25) is 0 Å². The fourth-order valence-corrected chi connectivity index (χ4v) is 24.8. The molecule has 5 nitrogen and oxygen atoms in total. The number of benzene rings is 18. The molecule has 0 amide bonds. The highest BCUT2D eigenvalue weighted by atomic mass is 79.9. The lowest BCUT2D eigenvalue weighted by Gasteiger charge is -2.52. The molecule has 6 heteroatoms. The Balaban J connectivity index is 0.000000138. The maximum Gasteiger partial charge on any atom is 0.0782 e. The summed E-state index contributed by atoms with van der Waals surface area (Å²) in [5.74, 6) is 0. The Bertz CT molecular complexity index is 7630. The van der Waals surface area contributed by atoms with Gasteiger partial charge in [0.05, 0.1) is 95.8 Å². The molecule has 0 fully saturated rings. The third kappa shape index (κ3) is 12.2. The molecule has 2 spiro atoms. The molecule has 0 bridgehead atoms. The fourth-order valence-electron chi connectivity index (χ4n) is 24.2. The van der Waals surface area contributed by atoms with E-state index in [4.69, 9.17) is 0 Å². The van der Waals surface area contributed by atoms with E-state index in [1.54, 1.807) is 0 Å². The van der Waals surface area contributed by atoms with Gasteiger partial charge in [0.25, 0.3) is 0 Å². The van der Waals surface area contributed by atoms with E-state index in [9.17, 15) is 0 Å². The second-order valence-electron chi connectivity index (χ2n) is 37.4. The van der Waals surface area contributed by atoms with E-state index in [2.05, 4.69) is 503 Å². The standard InChI is InChI=1S/C63H53N3.C51H45BrN2.C13H10/c1-38-40(3)60(41(4)39(2)59(38)46-24-10-9-11-25-46)65-55-34-20-14-28-49(55)63(50-29-15-21-35-56(50)65)51-30-16-22-36-57(51)66(58-37-23-17-31-52(58)63)62-44(7)42(5)61(43(6)45(62)8)64-53-32-18-12-26-47(53)48-27-13-19-33-54(48)64;1-30-34(5)49(35(6)31(2)47(30)38-20-10-9-11-21-38)53-43-26-16-12-22-39(43)51(40-23-13-17-27-44(40)53)41-24-14-18-28-45(41)54(46-29-19-15-25-42(46)51)50-36(7)32(3)48(52)33(4)37(50)8;1-3-7-12-10(5-1)9-11-6-2-4-8-13(11)12/h9-37H,1-8H3;9-29H,1-8H3;1-8H,9H2. The van der Waals surface area contributed by atoms with Gasteiger partial charge in [-0.05, 0) is 356 Å². The van der Waals surface area contributed by atoms with Crippen LogP contribution in [0.5, 0.6) is 0 Å². The van der Waals surface area contributed by atoms with Crippen molar-refractivity contribution < 1.29 is 0 Å². The van der Waals surface area contributed by atoms with Crippen LogP contribution in [-0.4, -0.2) is 4.57 Å². The number of halogens is 1. The molecule has 0 radical (unpaired) electrons. The minimum atomic E-state index is -0.613. The molecule has 1 aromatic heterocycles. The van der Waals surface area contributed by atoms with E-state index in [0.717, 1.165) is 6.42 Å². The topological polar surface area (TPSA) is 17.9 Å². The molecule has 5 aliphatic rings. The highest BCUT2D eigenvalue weighted by molar-refractivity contribution is 9.10. The molecule has 0 unspecified atom stereocenters. The molecular formula is C127H108BrN5. The Kier molecular flexibility index (Phi) is 20.5. The molecule has 5 heterocycles. The van der Waals surface area contributed by atoms with Crippen LogP contribution in [0.1, 0.15) is 145 Å². The molecule has 19 aromatic rings.